The Labute approximate surface area is 194 Å². The van der Waals surface area contributed by atoms with E-state index in [1.807, 2.05) is 54.0 Å². The normalized spacial score (nSPS) is 12.4. The van der Waals surface area contributed by atoms with Gasteiger partial charge in [-0.05, 0) is 55.5 Å². The molecule has 0 radical (unpaired) electrons. The third-order valence-corrected chi connectivity index (χ3v) is 9.38. The molecule has 0 unspecified atom stereocenters. The van der Waals surface area contributed by atoms with E-state index in [1.165, 1.54) is 12.1 Å². The molecule has 0 atom stereocenters. The molecule has 0 spiro atoms. The van der Waals surface area contributed by atoms with E-state index in [4.69, 9.17) is 10.2 Å². The predicted octanol–water partition coefficient (Wildman–Crippen LogP) is 4.92. The Bertz CT molecular complexity index is 1600. The summed E-state index contributed by atoms with van der Waals surface area (Å²) in [5.74, 6) is 0.627. The van der Waals surface area contributed by atoms with Crippen LogP contribution < -0.4 is 10.6 Å². The first-order valence-electron chi connectivity index (χ1n) is 10.7. The molecule has 0 saturated carbocycles. The van der Waals surface area contributed by atoms with Crippen LogP contribution in [0.3, 0.4) is 0 Å². The van der Waals surface area contributed by atoms with Crippen LogP contribution in [0, 0.1) is 18.3 Å². The second-order valence-electron chi connectivity index (χ2n) is 8.87. The number of fused-ring (bicyclic) bond motifs is 3. The summed E-state index contributed by atoms with van der Waals surface area (Å²) in [6.07, 6.45) is -4.42. The summed E-state index contributed by atoms with van der Waals surface area (Å²) in [6, 6.07) is 19.1. The van der Waals surface area contributed by atoms with Gasteiger partial charge in [-0.3, -0.25) is 9.67 Å². The summed E-state index contributed by atoms with van der Waals surface area (Å²) >= 11 is 0. The summed E-state index contributed by atoms with van der Waals surface area (Å²) in [5, 5.41) is 19.2. The number of aromatic nitrogens is 4. The van der Waals surface area contributed by atoms with Crippen LogP contribution in [-0.2, 0) is 6.18 Å². The smallest absolute Gasteiger partial charge is 0.294 e. The number of pyridine rings is 1. The summed E-state index contributed by atoms with van der Waals surface area (Å²) in [6.45, 7) is 6.14. The van der Waals surface area contributed by atoms with Crippen LogP contribution in [0.2, 0.25) is 13.1 Å². The SMILES string of the molecule is Cc1ccc2c(c1)c1cc(C(F)(F)F)ccc1n2-c1cccc([Si](C)(C)c2cc(C#N)n[nH]2)n1. The molecule has 9 heteroatoms. The number of nitrogens with zero attached hydrogens (tertiary/aromatic N) is 4. The van der Waals surface area contributed by atoms with Gasteiger partial charge in [0.25, 0.3) is 0 Å². The maximum atomic E-state index is 13.5. The Kier molecular flexibility index (Phi) is 4.88. The van der Waals surface area contributed by atoms with E-state index < -0.39 is 19.8 Å². The molecule has 0 aliphatic rings. The Morgan fingerprint density at radius 3 is 2.35 bits per heavy atom. The maximum Gasteiger partial charge on any atom is 0.416 e. The lowest BCUT2D eigenvalue weighted by Crippen LogP contribution is -2.55. The highest BCUT2D eigenvalue weighted by molar-refractivity contribution is 6.99. The molecule has 0 aliphatic heterocycles. The zero-order valence-electron chi connectivity index (χ0n) is 18.7. The van der Waals surface area contributed by atoms with Gasteiger partial charge in [0.15, 0.2) is 13.8 Å². The van der Waals surface area contributed by atoms with E-state index >= 15 is 0 Å². The van der Waals surface area contributed by atoms with Crippen LogP contribution in [0.25, 0.3) is 27.6 Å². The molecule has 0 fully saturated rings. The second kappa shape index (κ2) is 7.57. The molecule has 5 rings (SSSR count). The number of nitriles is 1. The van der Waals surface area contributed by atoms with Crippen molar-refractivity contribution in [3.63, 3.8) is 0 Å². The fourth-order valence-corrected chi connectivity index (χ4v) is 6.31. The Morgan fingerprint density at radius 2 is 1.68 bits per heavy atom. The average Bonchev–Trinajstić information content (AvgIpc) is 3.41. The van der Waals surface area contributed by atoms with Crippen molar-refractivity contribution in [2.45, 2.75) is 26.2 Å². The van der Waals surface area contributed by atoms with Gasteiger partial charge in [-0.1, -0.05) is 30.8 Å². The second-order valence-corrected chi connectivity index (χ2v) is 13.2. The lowest BCUT2D eigenvalue weighted by molar-refractivity contribution is -0.137. The van der Waals surface area contributed by atoms with Crippen molar-refractivity contribution in [3.8, 4) is 11.9 Å². The number of H-pyrrole nitrogens is 1. The molecule has 5 aromatic rings. The number of hydrogen-bond donors (Lipinski definition) is 1. The number of hydrogen-bond acceptors (Lipinski definition) is 3. The van der Waals surface area contributed by atoms with Crippen molar-refractivity contribution in [2.75, 3.05) is 0 Å². The van der Waals surface area contributed by atoms with Gasteiger partial charge < -0.3 is 0 Å². The van der Waals surface area contributed by atoms with Crippen molar-refractivity contribution in [1.29, 1.82) is 5.26 Å². The lowest BCUT2D eigenvalue weighted by Gasteiger charge is -2.21. The maximum absolute atomic E-state index is 13.5. The van der Waals surface area contributed by atoms with Crippen LogP contribution in [0.15, 0.2) is 60.7 Å². The minimum absolute atomic E-state index is 0.324. The van der Waals surface area contributed by atoms with E-state index in [9.17, 15) is 13.2 Å². The molecule has 0 amide bonds. The van der Waals surface area contributed by atoms with Gasteiger partial charge in [-0.2, -0.15) is 23.5 Å². The largest absolute Gasteiger partial charge is 0.416 e. The fraction of sp³-hybridized carbons (Fsp3) is 0.160. The van der Waals surface area contributed by atoms with Crippen LogP contribution >= 0.6 is 0 Å². The molecular weight excluding hydrogens is 455 g/mol. The van der Waals surface area contributed by atoms with Gasteiger partial charge in [0.2, 0.25) is 0 Å². The highest BCUT2D eigenvalue weighted by atomic mass is 28.3. The third kappa shape index (κ3) is 3.47. The Hall–Kier alpha value is -3.90. The molecule has 0 saturated heterocycles. The van der Waals surface area contributed by atoms with Crippen LogP contribution in [0.5, 0.6) is 0 Å². The van der Waals surface area contributed by atoms with Crippen LogP contribution in [0.4, 0.5) is 13.2 Å². The monoisotopic (exact) mass is 475 g/mol. The van der Waals surface area contributed by atoms with Crippen molar-refractivity contribution in [2.24, 2.45) is 0 Å². The summed E-state index contributed by atoms with van der Waals surface area (Å²) < 4.78 is 42.3. The molecule has 3 aromatic heterocycles. The molecule has 170 valence electrons. The van der Waals surface area contributed by atoms with Gasteiger partial charge in [0.1, 0.15) is 11.9 Å². The number of aryl methyl sites for hydroxylation is 1. The number of nitrogens with one attached hydrogen (secondary N) is 1. The van der Waals surface area contributed by atoms with Crippen LogP contribution in [0.1, 0.15) is 16.8 Å². The van der Waals surface area contributed by atoms with E-state index in [0.29, 0.717) is 22.4 Å². The molecule has 3 heterocycles. The third-order valence-electron chi connectivity index (χ3n) is 6.22. The van der Waals surface area contributed by atoms with E-state index in [-0.39, 0.29) is 0 Å². The van der Waals surface area contributed by atoms with Crippen molar-refractivity contribution in [3.05, 3.63) is 77.5 Å². The Morgan fingerprint density at radius 1 is 0.971 bits per heavy atom. The number of halogens is 3. The molecular formula is C25H20F3N5Si. The summed E-state index contributed by atoms with van der Waals surface area (Å²) in [5.41, 5.74) is 2.06. The van der Waals surface area contributed by atoms with E-state index in [2.05, 4.69) is 23.3 Å². The van der Waals surface area contributed by atoms with Gasteiger partial charge in [-0.25, -0.2) is 4.98 Å². The first-order valence-corrected chi connectivity index (χ1v) is 13.7. The minimum Gasteiger partial charge on any atom is -0.294 e. The fourth-order valence-electron chi connectivity index (χ4n) is 4.29. The highest BCUT2D eigenvalue weighted by Gasteiger charge is 2.32. The molecule has 1 N–H and O–H groups in total. The lowest BCUT2D eigenvalue weighted by atomic mass is 10.1. The minimum atomic E-state index is -4.42. The standard InChI is InChI=1S/C25H20F3N5Si/c1-15-7-9-20-18(11-15)19-12-16(25(26,27)28)8-10-21(19)33(20)22-5-4-6-23(30-22)34(2,3)24-13-17(14-29)31-32-24/h4-13H,1-3H3,(H,31,32). The zero-order chi connectivity index (χ0) is 24.3. The van der Waals surface area contributed by atoms with Gasteiger partial charge >= 0.3 is 6.18 Å². The number of rotatable bonds is 3. The van der Waals surface area contributed by atoms with Crippen LogP contribution in [-0.4, -0.2) is 27.8 Å². The van der Waals surface area contributed by atoms with E-state index in [0.717, 1.165) is 33.2 Å². The Balaban J connectivity index is 1.74. The van der Waals surface area contributed by atoms with Gasteiger partial charge in [0, 0.05) is 21.4 Å². The number of aromatic amines is 1. The molecule has 0 bridgehead atoms. The first-order chi connectivity index (χ1) is 16.1. The average molecular weight is 476 g/mol. The summed E-state index contributed by atoms with van der Waals surface area (Å²) in [4.78, 5) is 4.96. The molecule has 0 aliphatic carbocycles. The topological polar surface area (TPSA) is 70.3 Å². The zero-order valence-corrected chi connectivity index (χ0v) is 19.7. The highest BCUT2D eigenvalue weighted by Crippen LogP contribution is 2.37. The van der Waals surface area contributed by atoms with Crippen molar-refractivity contribution in [1.82, 2.24) is 19.7 Å². The van der Waals surface area contributed by atoms with Crippen molar-refractivity contribution < 1.29 is 13.2 Å². The van der Waals surface area contributed by atoms with Gasteiger partial charge in [0.05, 0.1) is 16.6 Å². The van der Waals surface area contributed by atoms with Crippen molar-refractivity contribution >= 4 is 40.5 Å². The first kappa shape index (κ1) is 21.9. The number of alkyl halides is 3. The quantitative estimate of drug-likeness (QED) is 0.377. The molecule has 2 aromatic carbocycles. The van der Waals surface area contributed by atoms with Gasteiger partial charge in [-0.15, -0.1) is 0 Å². The molecule has 5 nitrogen and oxygen atoms in total. The van der Waals surface area contributed by atoms with E-state index in [1.54, 1.807) is 6.07 Å². The summed E-state index contributed by atoms with van der Waals surface area (Å²) in [7, 11) is -2.31. The predicted molar refractivity (Wildman–Crippen MR) is 128 cm³/mol. The number of benzene rings is 2. The molecule has 34 heavy (non-hydrogen) atoms.